The summed E-state index contributed by atoms with van der Waals surface area (Å²) < 4.78 is 0. The van der Waals surface area contributed by atoms with Crippen molar-refractivity contribution in [2.45, 2.75) is 70.4 Å². The van der Waals surface area contributed by atoms with Gasteiger partial charge in [-0.3, -0.25) is 4.90 Å². The van der Waals surface area contributed by atoms with E-state index >= 15 is 0 Å². The number of rotatable bonds is 8. The summed E-state index contributed by atoms with van der Waals surface area (Å²) in [7, 11) is 0. The van der Waals surface area contributed by atoms with Crippen molar-refractivity contribution in [1.82, 2.24) is 24.7 Å². The van der Waals surface area contributed by atoms with E-state index < -0.39 is 0 Å². The predicted octanol–water partition coefficient (Wildman–Crippen LogP) is 3.00. The Kier molecular flexibility index (Phi) is 7.74. The first-order valence-electron chi connectivity index (χ1n) is 12.0. The molecule has 2 saturated heterocycles. The molecule has 0 radical (unpaired) electrons. The van der Waals surface area contributed by atoms with Crippen molar-refractivity contribution in [3.63, 3.8) is 0 Å². The number of nitrogen functional groups attached to an aromatic ring is 1. The van der Waals surface area contributed by atoms with Crippen LogP contribution in [0.25, 0.3) is 0 Å². The molecule has 3 heterocycles. The molecule has 1 aliphatic carbocycles. The topological polar surface area (TPSA) is 61.5 Å². The first-order chi connectivity index (χ1) is 14.3. The molecular formula is C23H40N6. The molecule has 2 N–H and O–H groups in total. The van der Waals surface area contributed by atoms with E-state index in [1.165, 1.54) is 103 Å². The third kappa shape index (κ3) is 6.37. The number of anilines is 1. The van der Waals surface area contributed by atoms with Crippen LogP contribution in [0.15, 0.2) is 12.4 Å². The Morgan fingerprint density at radius 1 is 0.931 bits per heavy atom. The second-order valence-electron chi connectivity index (χ2n) is 9.53. The Balaban J connectivity index is 1.34. The van der Waals surface area contributed by atoms with Crippen molar-refractivity contribution >= 4 is 5.95 Å². The lowest BCUT2D eigenvalue weighted by atomic mass is 9.95. The molecule has 0 unspecified atom stereocenters. The Hall–Kier alpha value is -1.24. The molecular weight excluding hydrogens is 360 g/mol. The second kappa shape index (κ2) is 10.7. The van der Waals surface area contributed by atoms with Crippen LogP contribution in [0.1, 0.15) is 63.4 Å². The summed E-state index contributed by atoms with van der Waals surface area (Å²) in [5.74, 6) is 1.16. The molecule has 3 fully saturated rings. The first kappa shape index (κ1) is 21.0. The van der Waals surface area contributed by atoms with Crippen LogP contribution in [0, 0.1) is 5.92 Å². The van der Waals surface area contributed by atoms with E-state index in [0.717, 1.165) is 25.0 Å². The van der Waals surface area contributed by atoms with E-state index in [-0.39, 0.29) is 0 Å². The van der Waals surface area contributed by atoms with E-state index in [4.69, 9.17) is 5.73 Å². The highest BCUT2D eigenvalue weighted by Gasteiger charge is 2.29. The quantitative estimate of drug-likeness (QED) is 0.724. The van der Waals surface area contributed by atoms with Crippen molar-refractivity contribution in [2.24, 2.45) is 5.92 Å². The van der Waals surface area contributed by atoms with Crippen LogP contribution < -0.4 is 5.73 Å². The number of likely N-dealkylation sites (tertiary alicyclic amines) is 2. The third-order valence-electron chi connectivity index (χ3n) is 7.22. The highest BCUT2D eigenvalue weighted by Crippen LogP contribution is 2.28. The van der Waals surface area contributed by atoms with Crippen LogP contribution in [0.3, 0.4) is 0 Å². The standard InChI is InChI=1S/C23H40N6/c24-23-25-15-21(16-26-23)18-28(14-13-27-10-4-1-5-11-27)17-20-7-6-12-29(19-20)22-8-2-3-9-22/h15-16,20,22H,1-14,17-19H2,(H2,24,25,26)/t20-/m1/s1. The zero-order valence-electron chi connectivity index (χ0n) is 18.1. The van der Waals surface area contributed by atoms with Gasteiger partial charge < -0.3 is 15.5 Å². The van der Waals surface area contributed by atoms with Gasteiger partial charge in [0.2, 0.25) is 5.95 Å². The number of aromatic nitrogens is 2. The number of nitrogens with zero attached hydrogens (tertiary/aromatic N) is 5. The summed E-state index contributed by atoms with van der Waals surface area (Å²) in [6.45, 7) is 9.63. The van der Waals surface area contributed by atoms with Gasteiger partial charge in [-0.2, -0.15) is 0 Å². The van der Waals surface area contributed by atoms with E-state index in [2.05, 4.69) is 24.7 Å². The summed E-state index contributed by atoms with van der Waals surface area (Å²) in [5.41, 5.74) is 6.87. The Labute approximate surface area is 176 Å². The Morgan fingerprint density at radius 2 is 1.69 bits per heavy atom. The molecule has 0 amide bonds. The summed E-state index contributed by atoms with van der Waals surface area (Å²) in [6, 6.07) is 0.866. The molecule has 0 aromatic carbocycles. The van der Waals surface area contributed by atoms with E-state index in [0.29, 0.717) is 5.95 Å². The van der Waals surface area contributed by atoms with Crippen LogP contribution in [-0.2, 0) is 6.54 Å². The maximum Gasteiger partial charge on any atom is 0.219 e. The first-order valence-corrected chi connectivity index (χ1v) is 12.0. The fourth-order valence-electron chi connectivity index (χ4n) is 5.62. The van der Waals surface area contributed by atoms with Crippen molar-refractivity contribution in [3.8, 4) is 0 Å². The molecule has 1 aromatic rings. The summed E-state index contributed by atoms with van der Waals surface area (Å²) in [5, 5.41) is 0. The number of piperidine rings is 2. The van der Waals surface area contributed by atoms with Gasteiger partial charge in [-0.15, -0.1) is 0 Å². The third-order valence-corrected chi connectivity index (χ3v) is 7.22. The maximum atomic E-state index is 5.69. The monoisotopic (exact) mass is 400 g/mol. The Bertz CT molecular complexity index is 594. The van der Waals surface area contributed by atoms with Gasteiger partial charge in [0.15, 0.2) is 0 Å². The van der Waals surface area contributed by atoms with Gasteiger partial charge in [0.05, 0.1) is 0 Å². The van der Waals surface area contributed by atoms with Gasteiger partial charge in [0.1, 0.15) is 0 Å². The van der Waals surface area contributed by atoms with Crippen molar-refractivity contribution in [1.29, 1.82) is 0 Å². The smallest absolute Gasteiger partial charge is 0.219 e. The average Bonchev–Trinajstić information content (AvgIpc) is 3.30. The summed E-state index contributed by atoms with van der Waals surface area (Å²) in [4.78, 5) is 16.6. The molecule has 1 atom stereocenters. The lowest BCUT2D eigenvalue weighted by Crippen LogP contribution is -2.46. The van der Waals surface area contributed by atoms with Crippen LogP contribution in [0.2, 0.25) is 0 Å². The molecule has 162 valence electrons. The molecule has 6 nitrogen and oxygen atoms in total. The molecule has 2 aliphatic heterocycles. The SMILES string of the molecule is Nc1ncc(CN(CCN2CCCCC2)C[C@H]2CCCN(C3CCCC3)C2)cn1. The van der Waals surface area contributed by atoms with Gasteiger partial charge in [0.25, 0.3) is 0 Å². The molecule has 0 bridgehead atoms. The van der Waals surface area contributed by atoms with E-state index in [9.17, 15) is 0 Å². The van der Waals surface area contributed by atoms with Gasteiger partial charge in [-0.05, 0) is 64.1 Å². The predicted molar refractivity (Wildman–Crippen MR) is 119 cm³/mol. The van der Waals surface area contributed by atoms with Gasteiger partial charge in [0, 0.05) is 56.7 Å². The molecule has 0 spiro atoms. The van der Waals surface area contributed by atoms with Gasteiger partial charge in [-0.1, -0.05) is 19.3 Å². The number of nitrogens with two attached hydrogens (primary N) is 1. The molecule has 4 rings (SSSR count). The average molecular weight is 401 g/mol. The van der Waals surface area contributed by atoms with Crippen molar-refractivity contribution in [3.05, 3.63) is 18.0 Å². The van der Waals surface area contributed by atoms with Crippen LogP contribution >= 0.6 is 0 Å². The Morgan fingerprint density at radius 3 is 2.45 bits per heavy atom. The fraction of sp³-hybridized carbons (Fsp3) is 0.826. The van der Waals surface area contributed by atoms with Gasteiger partial charge in [-0.25, -0.2) is 9.97 Å². The maximum absolute atomic E-state index is 5.69. The number of hydrogen-bond donors (Lipinski definition) is 1. The number of hydrogen-bond acceptors (Lipinski definition) is 6. The minimum atomic E-state index is 0.369. The zero-order valence-corrected chi connectivity index (χ0v) is 18.1. The molecule has 3 aliphatic rings. The van der Waals surface area contributed by atoms with Gasteiger partial charge >= 0.3 is 0 Å². The summed E-state index contributed by atoms with van der Waals surface area (Å²) >= 11 is 0. The molecule has 1 saturated carbocycles. The minimum Gasteiger partial charge on any atom is -0.368 e. The molecule has 29 heavy (non-hydrogen) atoms. The minimum absolute atomic E-state index is 0.369. The molecule has 1 aromatic heterocycles. The lowest BCUT2D eigenvalue weighted by Gasteiger charge is -2.39. The van der Waals surface area contributed by atoms with Crippen molar-refractivity contribution < 1.29 is 0 Å². The fourth-order valence-corrected chi connectivity index (χ4v) is 5.62. The highest BCUT2D eigenvalue weighted by molar-refractivity contribution is 5.17. The van der Waals surface area contributed by atoms with E-state index in [1.807, 2.05) is 12.4 Å². The van der Waals surface area contributed by atoms with Crippen molar-refractivity contribution in [2.75, 3.05) is 51.5 Å². The lowest BCUT2D eigenvalue weighted by molar-refractivity contribution is 0.0911. The van der Waals surface area contributed by atoms with Crippen LogP contribution in [-0.4, -0.2) is 76.5 Å². The zero-order chi connectivity index (χ0) is 19.9. The van der Waals surface area contributed by atoms with Crippen LogP contribution in [0.4, 0.5) is 5.95 Å². The molecule has 6 heteroatoms. The highest BCUT2D eigenvalue weighted by atomic mass is 15.2. The van der Waals surface area contributed by atoms with E-state index in [1.54, 1.807) is 0 Å². The normalized spacial score (nSPS) is 25.1. The second-order valence-corrected chi connectivity index (χ2v) is 9.53. The summed E-state index contributed by atoms with van der Waals surface area (Å²) in [6.07, 6.45) is 16.4. The largest absolute Gasteiger partial charge is 0.368 e. The van der Waals surface area contributed by atoms with Crippen LogP contribution in [0.5, 0.6) is 0 Å².